The van der Waals surface area contributed by atoms with Gasteiger partial charge in [-0.15, -0.1) is 0 Å². The van der Waals surface area contributed by atoms with Crippen molar-refractivity contribution >= 4 is 29.8 Å². The lowest BCUT2D eigenvalue weighted by atomic mass is 9.83. The molecule has 74 heavy (non-hydrogen) atoms. The topological polar surface area (TPSA) is 260 Å². The Labute approximate surface area is 443 Å². The van der Waals surface area contributed by atoms with E-state index in [1.54, 1.807) is 13.8 Å². The van der Waals surface area contributed by atoms with Crippen LogP contribution in [0.2, 0.25) is 0 Å². The highest BCUT2D eigenvalue weighted by Gasteiger charge is 2.32. The zero-order valence-electron chi connectivity index (χ0n) is 46.2. The summed E-state index contributed by atoms with van der Waals surface area (Å²) >= 11 is 0. The number of rotatable bonds is 32. The van der Waals surface area contributed by atoms with Gasteiger partial charge in [0.25, 0.3) is 0 Å². The van der Waals surface area contributed by atoms with Crippen LogP contribution in [0.25, 0.3) is 0 Å². The summed E-state index contributed by atoms with van der Waals surface area (Å²) < 4.78 is 39.9. The van der Waals surface area contributed by atoms with Gasteiger partial charge in [0.05, 0.1) is 38.6 Å². The summed E-state index contributed by atoms with van der Waals surface area (Å²) in [4.78, 5) is 54.6. The maximum Gasteiger partial charge on any atom is 0.333 e. The third-order valence-corrected chi connectivity index (χ3v) is 11.0. The number of hydrogen-bond acceptors (Lipinski definition) is 18. The fraction of sp³-hybridized carbons (Fsp3) is 0.732. The van der Waals surface area contributed by atoms with Crippen LogP contribution in [0.3, 0.4) is 0 Å². The molecule has 0 aromatic carbocycles. The Bertz CT molecular complexity index is 1530. The Balaban J connectivity index is -0.000000853. The molecule has 0 radical (unpaired) electrons. The van der Waals surface area contributed by atoms with Crippen molar-refractivity contribution in [1.82, 2.24) is 0 Å². The molecular weight excluding hydrogens is 961 g/mol. The smallest absolute Gasteiger partial charge is 0.333 e. The fourth-order valence-electron chi connectivity index (χ4n) is 6.82. The number of hydrogen-bond donors (Lipinski definition) is 5. The van der Waals surface area contributed by atoms with Crippen molar-refractivity contribution in [2.75, 3.05) is 59.5 Å². The van der Waals surface area contributed by atoms with E-state index in [4.69, 9.17) is 38.3 Å². The van der Waals surface area contributed by atoms with Gasteiger partial charge in [0, 0.05) is 49.2 Å². The molecule has 0 aliphatic heterocycles. The first-order chi connectivity index (χ1) is 35.2. The highest BCUT2D eigenvalue weighted by Crippen LogP contribution is 2.31. The van der Waals surface area contributed by atoms with E-state index in [0.29, 0.717) is 42.8 Å². The lowest BCUT2D eigenvalue weighted by Gasteiger charge is -2.32. The highest BCUT2D eigenvalue weighted by molar-refractivity contribution is 5.87. The molecule has 2 aliphatic rings. The van der Waals surface area contributed by atoms with E-state index >= 15 is 0 Å². The zero-order valence-corrected chi connectivity index (χ0v) is 46.2. The van der Waals surface area contributed by atoms with Crippen LogP contribution >= 0.6 is 0 Å². The Hall–Kier alpha value is -4.27. The summed E-state index contributed by atoms with van der Waals surface area (Å²) in [7, 11) is 0. The van der Waals surface area contributed by atoms with Gasteiger partial charge in [0.15, 0.2) is 0 Å². The molecule has 0 heterocycles. The molecule has 0 spiro atoms. The lowest BCUT2D eigenvalue weighted by molar-refractivity contribution is -0.154. The molecule has 2 saturated carbocycles. The van der Waals surface area contributed by atoms with Crippen LogP contribution in [0, 0.1) is 11.8 Å². The monoisotopic (exact) mass is 1060 g/mol. The standard InChI is InChI=1S/C13H22O3.C12H20O3.C11H20O4.2C10H18O4/c1-4-5-10-6-7-12(11(14)8-10)16-13(15)9(2)3;1-3-5-9-6-7-11(10(13)8-9)15-12(14)4-2;1-4-5-6-14-7-10(12)8-15-11(13)9(2)3;1-3-5-6-13-7-9(11)8-14-10(12)4-2;1-3-5-6-13-8-9(7-11)14-10(12)4-2/h10-12,14H,2,4-8H2,1,3H3;4,9-11,13H,2-3,5-8H2,1H3;10,12H,2,4-8H2,1,3H3;2*4,9,11H,2-3,5-8H2,1H3. The van der Waals surface area contributed by atoms with Gasteiger partial charge in [-0.1, -0.05) is 112 Å². The minimum Gasteiger partial charge on any atom is -0.460 e. The first kappa shape index (κ1) is 74.0. The maximum atomic E-state index is 11.3. The van der Waals surface area contributed by atoms with Crippen molar-refractivity contribution in [2.24, 2.45) is 11.8 Å². The van der Waals surface area contributed by atoms with Crippen molar-refractivity contribution in [3.63, 3.8) is 0 Å². The first-order valence-corrected chi connectivity index (χ1v) is 26.4. The molecule has 0 aromatic heterocycles. The zero-order chi connectivity index (χ0) is 56.7. The van der Waals surface area contributed by atoms with Crippen molar-refractivity contribution in [3.05, 3.63) is 62.3 Å². The Morgan fingerprint density at radius 3 is 1.31 bits per heavy atom. The SMILES string of the molecule is C=C(C)C(=O)OC1CCC(CCC)CC1O.C=C(C)C(=O)OCC(O)COCCCC.C=CC(=O)OC(CO)COCCCC.C=CC(=O)OC1CCC(CCC)CC1O.C=CC(=O)OCC(O)COCCCC. The molecule has 9 unspecified atom stereocenters. The van der Waals surface area contributed by atoms with E-state index in [2.05, 4.69) is 72.3 Å². The Morgan fingerprint density at radius 2 is 0.946 bits per heavy atom. The summed E-state index contributed by atoms with van der Waals surface area (Å²) in [6.45, 7) is 32.7. The summed E-state index contributed by atoms with van der Waals surface area (Å²) in [5.74, 6) is -1.21. The summed E-state index contributed by atoms with van der Waals surface area (Å²) in [5.41, 5.74) is 0.719. The van der Waals surface area contributed by atoms with E-state index in [9.17, 15) is 44.4 Å². The second-order valence-corrected chi connectivity index (χ2v) is 18.2. The van der Waals surface area contributed by atoms with E-state index in [-0.39, 0.29) is 51.8 Å². The summed E-state index contributed by atoms with van der Waals surface area (Å²) in [5, 5.41) is 47.1. The van der Waals surface area contributed by atoms with Gasteiger partial charge in [-0.3, -0.25) is 0 Å². The van der Waals surface area contributed by atoms with Gasteiger partial charge in [-0.2, -0.15) is 0 Å². The van der Waals surface area contributed by atoms with E-state index < -0.39 is 60.4 Å². The quantitative estimate of drug-likeness (QED) is 0.0188. The predicted molar refractivity (Wildman–Crippen MR) is 285 cm³/mol. The van der Waals surface area contributed by atoms with Gasteiger partial charge in [-0.05, 0) is 83.5 Å². The maximum absolute atomic E-state index is 11.3. The second kappa shape index (κ2) is 49.6. The van der Waals surface area contributed by atoms with Crippen LogP contribution in [0.4, 0.5) is 0 Å². The average molecular weight is 1060 g/mol. The number of esters is 5. The number of aliphatic hydroxyl groups excluding tert-OH is 5. The van der Waals surface area contributed by atoms with Crippen LogP contribution in [-0.2, 0) is 61.9 Å². The summed E-state index contributed by atoms with van der Waals surface area (Å²) in [6, 6.07) is 0. The van der Waals surface area contributed by atoms with Gasteiger partial charge >= 0.3 is 29.8 Å². The number of unbranched alkanes of at least 4 members (excludes halogenated alkanes) is 3. The van der Waals surface area contributed by atoms with Crippen molar-refractivity contribution in [1.29, 1.82) is 0 Å². The van der Waals surface area contributed by atoms with Gasteiger partial charge in [0.1, 0.15) is 43.7 Å². The van der Waals surface area contributed by atoms with E-state index in [1.165, 1.54) is 0 Å². The minimum absolute atomic E-state index is 0.0438. The number of carbonyl (C=O) groups is 5. The fourth-order valence-corrected chi connectivity index (χ4v) is 6.82. The van der Waals surface area contributed by atoms with E-state index in [0.717, 1.165) is 121 Å². The molecular formula is C56H98O18. The van der Waals surface area contributed by atoms with Crippen LogP contribution in [0.5, 0.6) is 0 Å². The molecule has 0 amide bonds. The van der Waals surface area contributed by atoms with Crippen molar-refractivity contribution in [2.45, 2.75) is 194 Å². The highest BCUT2D eigenvalue weighted by atomic mass is 16.6. The first-order valence-electron chi connectivity index (χ1n) is 26.4. The number of carbonyl (C=O) groups excluding carboxylic acids is 5. The molecule has 18 nitrogen and oxygen atoms in total. The van der Waals surface area contributed by atoms with Crippen LogP contribution in [0.15, 0.2) is 62.3 Å². The molecule has 9 atom stereocenters. The molecule has 430 valence electrons. The Kier molecular flexibility index (Phi) is 49.6. The molecule has 5 N–H and O–H groups in total. The van der Waals surface area contributed by atoms with Gasteiger partial charge < -0.3 is 63.4 Å². The molecule has 2 rings (SSSR count). The van der Waals surface area contributed by atoms with Gasteiger partial charge in [0.2, 0.25) is 0 Å². The largest absolute Gasteiger partial charge is 0.460 e. The van der Waals surface area contributed by atoms with E-state index in [1.807, 2.05) is 0 Å². The molecule has 2 aliphatic carbocycles. The van der Waals surface area contributed by atoms with Crippen molar-refractivity contribution in [3.8, 4) is 0 Å². The third kappa shape index (κ3) is 43.0. The average Bonchev–Trinajstić information content (AvgIpc) is 3.38. The molecule has 0 saturated heterocycles. The number of ether oxygens (including phenoxy) is 8. The summed E-state index contributed by atoms with van der Waals surface area (Å²) in [6.07, 6.45) is 15.3. The Morgan fingerprint density at radius 1 is 0.541 bits per heavy atom. The van der Waals surface area contributed by atoms with Crippen LogP contribution < -0.4 is 0 Å². The minimum atomic E-state index is -0.759. The molecule has 0 aromatic rings. The lowest BCUT2D eigenvalue weighted by Crippen LogP contribution is -2.37. The molecule has 2 fully saturated rings. The van der Waals surface area contributed by atoms with Crippen LogP contribution in [0.1, 0.15) is 151 Å². The molecule has 0 bridgehead atoms. The third-order valence-electron chi connectivity index (χ3n) is 11.0. The number of aliphatic hydroxyl groups is 5. The normalized spacial score (nSPS) is 19.8. The van der Waals surface area contributed by atoms with Crippen molar-refractivity contribution < 1.29 is 87.4 Å². The van der Waals surface area contributed by atoms with Crippen LogP contribution in [-0.4, -0.2) is 158 Å². The molecule has 18 heteroatoms. The predicted octanol–water partition coefficient (Wildman–Crippen LogP) is 7.55. The second-order valence-electron chi connectivity index (χ2n) is 18.2. The van der Waals surface area contributed by atoms with Gasteiger partial charge in [-0.25, -0.2) is 24.0 Å².